The number of ether oxygens (including phenoxy) is 1. The zero-order valence-electron chi connectivity index (χ0n) is 14.2. The number of halogens is 2. The number of hydrogen-bond donors (Lipinski definition) is 0. The second-order valence-electron chi connectivity index (χ2n) is 6.22. The van der Waals surface area contributed by atoms with E-state index in [4.69, 9.17) is 27.9 Å². The molecule has 0 radical (unpaired) electrons. The average Bonchev–Trinajstić information content (AvgIpc) is 2.90. The topological polar surface area (TPSA) is 63.7 Å². The Bertz CT molecular complexity index is 975. The molecule has 2 aromatic rings. The first-order valence-corrected chi connectivity index (χ1v) is 10.5. The largest absolute Gasteiger partial charge is 0.484 e. The number of sulfonamides is 1. The van der Waals surface area contributed by atoms with Gasteiger partial charge in [0.2, 0.25) is 10.0 Å². The minimum Gasteiger partial charge on any atom is -0.484 e. The molecule has 0 unspecified atom stereocenters. The van der Waals surface area contributed by atoms with Crippen LogP contribution in [0.15, 0.2) is 36.4 Å². The van der Waals surface area contributed by atoms with E-state index < -0.39 is 10.0 Å². The SMILES string of the molecule is C[C@@H]1Cc2cc(C(=O)COc3cccc(Cl)c3Cl)ccc2N1S(C)(=O)=O. The van der Waals surface area contributed by atoms with Crippen LogP contribution in [0, 0.1) is 0 Å². The summed E-state index contributed by atoms with van der Waals surface area (Å²) in [6, 6.07) is 9.78. The minimum atomic E-state index is -3.36. The normalized spacial score (nSPS) is 16.5. The molecule has 0 bridgehead atoms. The van der Waals surface area contributed by atoms with E-state index in [1.807, 2.05) is 6.92 Å². The molecule has 26 heavy (non-hydrogen) atoms. The highest BCUT2D eigenvalue weighted by Crippen LogP contribution is 2.35. The van der Waals surface area contributed by atoms with E-state index in [1.54, 1.807) is 36.4 Å². The first-order valence-electron chi connectivity index (χ1n) is 7.91. The van der Waals surface area contributed by atoms with Crippen LogP contribution in [0.4, 0.5) is 5.69 Å². The number of carbonyl (C=O) groups is 1. The van der Waals surface area contributed by atoms with E-state index in [2.05, 4.69) is 0 Å². The smallest absolute Gasteiger partial charge is 0.232 e. The van der Waals surface area contributed by atoms with Crippen LogP contribution in [-0.4, -0.2) is 33.1 Å². The molecule has 0 amide bonds. The van der Waals surface area contributed by atoms with Crippen molar-refractivity contribution in [1.82, 2.24) is 0 Å². The third-order valence-corrected chi connectivity index (χ3v) is 6.26. The molecule has 138 valence electrons. The first-order chi connectivity index (χ1) is 12.2. The predicted octanol–water partition coefficient (Wildman–Crippen LogP) is 3.97. The van der Waals surface area contributed by atoms with Crippen LogP contribution in [0.3, 0.4) is 0 Å². The summed E-state index contributed by atoms with van der Waals surface area (Å²) in [6.45, 7) is 1.65. The van der Waals surface area contributed by atoms with Crippen molar-refractivity contribution in [2.75, 3.05) is 17.2 Å². The Hall–Kier alpha value is -1.76. The molecule has 8 heteroatoms. The number of Topliss-reactive ketones (excluding diaryl/α,β-unsaturated/α-hetero) is 1. The number of ketones is 1. The predicted molar refractivity (Wildman–Crippen MR) is 103 cm³/mol. The zero-order valence-corrected chi connectivity index (χ0v) is 16.5. The summed E-state index contributed by atoms with van der Waals surface area (Å²) >= 11 is 12.0. The number of carbonyl (C=O) groups excluding carboxylic acids is 1. The van der Waals surface area contributed by atoms with Gasteiger partial charge in [0.1, 0.15) is 10.8 Å². The van der Waals surface area contributed by atoms with E-state index in [-0.39, 0.29) is 23.5 Å². The fourth-order valence-corrected chi connectivity index (χ4v) is 4.71. The number of fused-ring (bicyclic) bond motifs is 1. The maximum atomic E-state index is 12.4. The van der Waals surface area contributed by atoms with Crippen molar-refractivity contribution in [3.05, 3.63) is 57.6 Å². The van der Waals surface area contributed by atoms with Gasteiger partial charge in [-0.05, 0) is 49.2 Å². The van der Waals surface area contributed by atoms with Crippen molar-refractivity contribution < 1.29 is 17.9 Å². The second-order valence-corrected chi connectivity index (χ2v) is 8.86. The molecular formula is C18H17Cl2NO4S. The van der Waals surface area contributed by atoms with Crippen LogP contribution in [0.2, 0.25) is 10.0 Å². The highest BCUT2D eigenvalue weighted by molar-refractivity contribution is 7.92. The van der Waals surface area contributed by atoms with Crippen molar-refractivity contribution in [1.29, 1.82) is 0 Å². The summed E-state index contributed by atoms with van der Waals surface area (Å²) in [5.41, 5.74) is 1.91. The quantitative estimate of drug-likeness (QED) is 0.695. The molecule has 3 rings (SSSR count). The fourth-order valence-electron chi connectivity index (χ4n) is 3.10. The van der Waals surface area contributed by atoms with Crippen LogP contribution < -0.4 is 9.04 Å². The van der Waals surface area contributed by atoms with Gasteiger partial charge in [-0.25, -0.2) is 8.42 Å². The summed E-state index contributed by atoms with van der Waals surface area (Å²) in [5, 5.41) is 0.609. The molecule has 0 saturated carbocycles. The monoisotopic (exact) mass is 413 g/mol. The van der Waals surface area contributed by atoms with Gasteiger partial charge in [0.25, 0.3) is 0 Å². The molecule has 0 fully saturated rings. The number of hydrogen-bond acceptors (Lipinski definition) is 4. The van der Waals surface area contributed by atoms with E-state index in [9.17, 15) is 13.2 Å². The minimum absolute atomic E-state index is 0.174. The molecule has 1 atom stereocenters. The molecule has 0 saturated heterocycles. The Morgan fingerprint density at radius 2 is 2.00 bits per heavy atom. The molecule has 1 aliphatic rings. The Morgan fingerprint density at radius 1 is 1.27 bits per heavy atom. The highest BCUT2D eigenvalue weighted by atomic mass is 35.5. The Labute approximate surface area is 162 Å². The maximum absolute atomic E-state index is 12.4. The van der Waals surface area contributed by atoms with Gasteiger partial charge in [0, 0.05) is 11.6 Å². The molecule has 0 aliphatic carbocycles. The Morgan fingerprint density at radius 3 is 2.69 bits per heavy atom. The van der Waals surface area contributed by atoms with Gasteiger partial charge in [-0.1, -0.05) is 29.3 Å². The third-order valence-electron chi connectivity index (χ3n) is 4.19. The molecule has 1 heterocycles. The van der Waals surface area contributed by atoms with Gasteiger partial charge in [-0.3, -0.25) is 9.10 Å². The van der Waals surface area contributed by atoms with Crippen molar-refractivity contribution >= 4 is 44.7 Å². The van der Waals surface area contributed by atoms with Gasteiger partial charge in [0.05, 0.1) is 17.0 Å². The van der Waals surface area contributed by atoms with Crippen LogP contribution in [-0.2, 0) is 16.4 Å². The molecule has 5 nitrogen and oxygen atoms in total. The number of anilines is 1. The molecule has 2 aromatic carbocycles. The van der Waals surface area contributed by atoms with Gasteiger partial charge >= 0.3 is 0 Å². The van der Waals surface area contributed by atoms with Crippen molar-refractivity contribution in [2.45, 2.75) is 19.4 Å². The summed E-state index contributed by atoms with van der Waals surface area (Å²) in [4.78, 5) is 12.4. The van der Waals surface area contributed by atoms with Crippen molar-refractivity contribution in [3.8, 4) is 5.75 Å². The summed E-state index contributed by atoms with van der Waals surface area (Å²) in [7, 11) is -3.36. The average molecular weight is 414 g/mol. The van der Waals surface area contributed by atoms with Crippen LogP contribution in [0.5, 0.6) is 5.75 Å². The highest BCUT2D eigenvalue weighted by Gasteiger charge is 2.32. The number of benzene rings is 2. The summed E-state index contributed by atoms with van der Waals surface area (Å²) in [5.74, 6) is 0.111. The summed E-state index contributed by atoms with van der Waals surface area (Å²) < 4.78 is 30.8. The molecule has 0 aromatic heterocycles. The number of rotatable bonds is 5. The van der Waals surface area contributed by atoms with Crippen molar-refractivity contribution in [2.24, 2.45) is 0 Å². The lowest BCUT2D eigenvalue weighted by molar-refractivity contribution is 0.0921. The first kappa shape index (κ1) is 19.0. The lowest BCUT2D eigenvalue weighted by Crippen LogP contribution is -2.34. The van der Waals surface area contributed by atoms with Crippen LogP contribution >= 0.6 is 23.2 Å². The van der Waals surface area contributed by atoms with Gasteiger partial charge < -0.3 is 4.74 Å². The standard InChI is InChI=1S/C18H17Cl2NO4S/c1-11-8-13-9-12(6-7-15(13)21(11)26(2,23)24)16(22)10-25-17-5-3-4-14(19)18(17)20/h3-7,9,11H,8,10H2,1-2H3/t11-/m1/s1. The Balaban J connectivity index is 1.78. The van der Waals surface area contributed by atoms with E-state index in [0.29, 0.717) is 28.4 Å². The molecular weight excluding hydrogens is 397 g/mol. The fraction of sp³-hybridized carbons (Fsp3) is 0.278. The van der Waals surface area contributed by atoms with Crippen molar-refractivity contribution in [3.63, 3.8) is 0 Å². The van der Waals surface area contributed by atoms with E-state index in [1.165, 1.54) is 10.6 Å². The van der Waals surface area contributed by atoms with E-state index >= 15 is 0 Å². The Kier molecular flexibility index (Phi) is 5.19. The summed E-state index contributed by atoms with van der Waals surface area (Å²) in [6.07, 6.45) is 1.74. The maximum Gasteiger partial charge on any atom is 0.232 e. The lowest BCUT2D eigenvalue weighted by Gasteiger charge is -2.21. The third kappa shape index (κ3) is 3.68. The second kappa shape index (κ2) is 7.10. The molecule has 1 aliphatic heterocycles. The van der Waals surface area contributed by atoms with Gasteiger partial charge in [0.15, 0.2) is 12.4 Å². The van der Waals surface area contributed by atoms with E-state index in [0.717, 1.165) is 5.56 Å². The van der Waals surface area contributed by atoms with Gasteiger partial charge in [-0.2, -0.15) is 0 Å². The molecule has 0 spiro atoms. The van der Waals surface area contributed by atoms with Crippen LogP contribution in [0.25, 0.3) is 0 Å². The lowest BCUT2D eigenvalue weighted by atomic mass is 10.0. The zero-order chi connectivity index (χ0) is 19.1. The van der Waals surface area contributed by atoms with Gasteiger partial charge in [-0.15, -0.1) is 0 Å². The molecule has 0 N–H and O–H groups in total. The van der Waals surface area contributed by atoms with Crippen LogP contribution in [0.1, 0.15) is 22.8 Å². The number of nitrogens with zero attached hydrogens (tertiary/aromatic N) is 1.